The van der Waals surface area contributed by atoms with E-state index in [1.807, 2.05) is 0 Å². The lowest BCUT2D eigenvalue weighted by Gasteiger charge is -1.94. The Morgan fingerprint density at radius 2 is 2.29 bits per heavy atom. The van der Waals surface area contributed by atoms with Crippen molar-refractivity contribution in [1.82, 2.24) is 9.61 Å². The Kier molecular flexibility index (Phi) is 1.99. The van der Waals surface area contributed by atoms with E-state index >= 15 is 0 Å². The lowest BCUT2D eigenvalue weighted by molar-refractivity contribution is 0.0690. The molecule has 0 aliphatic heterocycles. The fourth-order valence-electron chi connectivity index (χ4n) is 1.12. The van der Waals surface area contributed by atoms with E-state index in [0.717, 1.165) is 0 Å². The molecule has 4 nitrogen and oxygen atoms in total. The van der Waals surface area contributed by atoms with Crippen molar-refractivity contribution < 1.29 is 14.3 Å². The maximum Gasteiger partial charge on any atom is 0.356 e. The van der Waals surface area contributed by atoms with E-state index in [1.54, 1.807) is 0 Å². The van der Waals surface area contributed by atoms with Gasteiger partial charge in [-0.2, -0.15) is 5.10 Å². The monoisotopic (exact) mass is 258 g/mol. The zero-order valence-corrected chi connectivity index (χ0v) is 8.32. The third-order valence-corrected chi connectivity index (χ3v) is 2.14. The third-order valence-electron chi connectivity index (χ3n) is 1.71. The number of halogens is 2. The second kappa shape index (κ2) is 3.06. The van der Waals surface area contributed by atoms with Crippen LogP contribution in [0.5, 0.6) is 0 Å². The fraction of sp³-hybridized carbons (Fsp3) is 0. The lowest BCUT2D eigenvalue weighted by atomic mass is 10.3. The molecule has 0 amide bonds. The summed E-state index contributed by atoms with van der Waals surface area (Å²) >= 11 is 3.08. The summed E-state index contributed by atoms with van der Waals surface area (Å²) in [5, 5.41) is 12.3. The molecular weight excluding hydrogens is 255 g/mol. The molecule has 0 aromatic carbocycles. The first-order valence-electron chi connectivity index (χ1n) is 3.65. The minimum Gasteiger partial charge on any atom is -0.476 e. The van der Waals surface area contributed by atoms with Crippen LogP contribution < -0.4 is 0 Å². The van der Waals surface area contributed by atoms with Gasteiger partial charge in [-0.05, 0) is 22.0 Å². The number of rotatable bonds is 1. The standard InChI is InChI=1S/C8H4BrFN2O2/c9-4-1-5(10)7-2-6(8(13)14)11-12(7)3-4/h1-3H,(H,13,14). The molecule has 0 bridgehead atoms. The number of carbonyl (C=O) groups is 1. The van der Waals surface area contributed by atoms with Crippen molar-refractivity contribution in [2.24, 2.45) is 0 Å². The van der Waals surface area contributed by atoms with Crippen molar-refractivity contribution in [3.05, 3.63) is 34.3 Å². The number of fused-ring (bicyclic) bond motifs is 1. The number of hydrogen-bond donors (Lipinski definition) is 1. The second-order valence-corrected chi connectivity index (χ2v) is 3.59. The van der Waals surface area contributed by atoms with Gasteiger partial charge in [0.25, 0.3) is 0 Å². The molecule has 2 rings (SSSR count). The average molecular weight is 259 g/mol. The molecule has 0 unspecified atom stereocenters. The molecule has 0 saturated carbocycles. The summed E-state index contributed by atoms with van der Waals surface area (Å²) in [6.45, 7) is 0. The highest BCUT2D eigenvalue weighted by Crippen LogP contribution is 2.17. The van der Waals surface area contributed by atoms with Crippen LogP contribution in [0.25, 0.3) is 5.52 Å². The maximum absolute atomic E-state index is 13.2. The molecule has 72 valence electrons. The van der Waals surface area contributed by atoms with Crippen LogP contribution in [0.4, 0.5) is 4.39 Å². The van der Waals surface area contributed by atoms with E-state index in [-0.39, 0.29) is 11.2 Å². The Bertz CT molecular complexity index is 523. The Balaban J connectivity index is 2.76. The molecular formula is C8H4BrFN2O2. The van der Waals surface area contributed by atoms with Gasteiger partial charge in [-0.25, -0.2) is 13.7 Å². The van der Waals surface area contributed by atoms with Gasteiger partial charge in [0.05, 0.1) is 0 Å². The van der Waals surface area contributed by atoms with E-state index in [4.69, 9.17) is 5.11 Å². The summed E-state index contributed by atoms with van der Waals surface area (Å²) in [5.74, 6) is -1.69. The van der Waals surface area contributed by atoms with Gasteiger partial charge >= 0.3 is 5.97 Å². The van der Waals surface area contributed by atoms with Gasteiger partial charge in [-0.3, -0.25) is 0 Å². The molecule has 0 aliphatic rings. The Morgan fingerprint density at radius 1 is 1.57 bits per heavy atom. The number of pyridine rings is 1. The third kappa shape index (κ3) is 1.37. The quantitative estimate of drug-likeness (QED) is 0.851. The van der Waals surface area contributed by atoms with Crippen LogP contribution in [-0.4, -0.2) is 20.7 Å². The lowest BCUT2D eigenvalue weighted by Crippen LogP contribution is -1.97. The minimum atomic E-state index is -1.18. The van der Waals surface area contributed by atoms with Crippen LogP contribution in [0.3, 0.4) is 0 Å². The second-order valence-electron chi connectivity index (χ2n) is 2.67. The fourth-order valence-corrected chi connectivity index (χ4v) is 1.52. The predicted molar refractivity (Wildman–Crippen MR) is 49.8 cm³/mol. The highest BCUT2D eigenvalue weighted by atomic mass is 79.9. The van der Waals surface area contributed by atoms with Crippen molar-refractivity contribution in [2.45, 2.75) is 0 Å². The van der Waals surface area contributed by atoms with Crippen molar-refractivity contribution in [2.75, 3.05) is 0 Å². The van der Waals surface area contributed by atoms with E-state index in [0.29, 0.717) is 4.47 Å². The molecule has 2 aromatic heterocycles. The Labute approximate surface area is 86.1 Å². The Hall–Kier alpha value is -1.43. The molecule has 0 atom stereocenters. The molecule has 2 heterocycles. The SMILES string of the molecule is O=C(O)c1cc2c(F)cc(Br)cn2n1. The number of aromatic carboxylic acids is 1. The molecule has 0 fully saturated rings. The van der Waals surface area contributed by atoms with Crippen LogP contribution >= 0.6 is 15.9 Å². The molecule has 0 radical (unpaired) electrons. The van der Waals surface area contributed by atoms with Gasteiger partial charge in [-0.1, -0.05) is 0 Å². The van der Waals surface area contributed by atoms with Gasteiger partial charge < -0.3 is 5.11 Å². The first kappa shape index (κ1) is 9.14. The number of aromatic nitrogens is 2. The van der Waals surface area contributed by atoms with E-state index < -0.39 is 11.8 Å². The normalized spacial score (nSPS) is 10.7. The first-order valence-corrected chi connectivity index (χ1v) is 4.45. The molecule has 0 aliphatic carbocycles. The van der Waals surface area contributed by atoms with E-state index in [9.17, 15) is 9.18 Å². The van der Waals surface area contributed by atoms with Gasteiger partial charge in [-0.15, -0.1) is 0 Å². The van der Waals surface area contributed by atoms with Crippen LogP contribution in [0.1, 0.15) is 10.5 Å². The zero-order chi connectivity index (χ0) is 10.3. The van der Waals surface area contributed by atoms with Crippen LogP contribution in [0.2, 0.25) is 0 Å². The number of hydrogen-bond acceptors (Lipinski definition) is 2. The highest BCUT2D eigenvalue weighted by molar-refractivity contribution is 9.10. The molecule has 0 saturated heterocycles. The smallest absolute Gasteiger partial charge is 0.356 e. The first-order chi connectivity index (χ1) is 6.58. The van der Waals surface area contributed by atoms with Crippen LogP contribution in [0.15, 0.2) is 22.8 Å². The van der Waals surface area contributed by atoms with Crippen molar-refractivity contribution >= 4 is 27.4 Å². The molecule has 14 heavy (non-hydrogen) atoms. The van der Waals surface area contributed by atoms with Crippen LogP contribution in [-0.2, 0) is 0 Å². The highest BCUT2D eigenvalue weighted by Gasteiger charge is 2.11. The van der Waals surface area contributed by atoms with Crippen molar-refractivity contribution in [3.8, 4) is 0 Å². The molecule has 2 aromatic rings. The minimum absolute atomic E-state index is 0.144. The summed E-state index contributed by atoms with van der Waals surface area (Å²) in [6, 6.07) is 2.44. The summed E-state index contributed by atoms with van der Waals surface area (Å²) in [4.78, 5) is 10.6. The molecule has 1 N–H and O–H groups in total. The maximum atomic E-state index is 13.2. The number of nitrogens with zero attached hydrogens (tertiary/aromatic N) is 2. The van der Waals surface area contributed by atoms with Gasteiger partial charge in [0, 0.05) is 16.7 Å². The molecule has 6 heteroatoms. The number of carboxylic acids is 1. The Morgan fingerprint density at radius 3 is 2.93 bits per heavy atom. The zero-order valence-electron chi connectivity index (χ0n) is 6.74. The van der Waals surface area contributed by atoms with Gasteiger partial charge in [0.2, 0.25) is 0 Å². The van der Waals surface area contributed by atoms with Gasteiger partial charge in [0.1, 0.15) is 11.3 Å². The van der Waals surface area contributed by atoms with E-state index in [2.05, 4.69) is 21.0 Å². The van der Waals surface area contributed by atoms with Crippen molar-refractivity contribution in [3.63, 3.8) is 0 Å². The van der Waals surface area contributed by atoms with E-state index in [1.165, 1.54) is 22.8 Å². The van der Waals surface area contributed by atoms with Gasteiger partial charge in [0.15, 0.2) is 5.69 Å². The molecule has 0 spiro atoms. The van der Waals surface area contributed by atoms with Crippen LogP contribution in [0, 0.1) is 5.82 Å². The predicted octanol–water partition coefficient (Wildman–Crippen LogP) is 1.93. The number of carboxylic acid groups (broad SMARTS) is 1. The summed E-state index contributed by atoms with van der Waals surface area (Å²) in [6.07, 6.45) is 1.49. The topological polar surface area (TPSA) is 54.6 Å². The van der Waals surface area contributed by atoms with Crippen molar-refractivity contribution in [1.29, 1.82) is 0 Å². The average Bonchev–Trinajstić information content (AvgIpc) is 2.47. The largest absolute Gasteiger partial charge is 0.476 e. The summed E-state index contributed by atoms with van der Waals surface area (Å²) in [7, 11) is 0. The summed E-state index contributed by atoms with van der Waals surface area (Å²) < 4.78 is 14.9. The summed E-state index contributed by atoms with van der Waals surface area (Å²) in [5.41, 5.74) is -0.0346.